The maximum absolute atomic E-state index is 11.7. The van der Waals surface area contributed by atoms with Crippen LogP contribution < -0.4 is 0 Å². The Hall–Kier alpha value is -0.940. The molecule has 0 radical (unpaired) electrons. The second-order valence-electron chi connectivity index (χ2n) is 10.2. The summed E-state index contributed by atoms with van der Waals surface area (Å²) in [4.78, 5) is 28.0. The van der Waals surface area contributed by atoms with Gasteiger partial charge in [0.15, 0.2) is 0 Å². The number of Topliss-reactive ketones (excluding diaryl/α,β-unsaturated/α-hetero) is 1. The Morgan fingerprint density at radius 3 is 2.07 bits per heavy atom. The minimum Gasteiger partial charge on any atom is -0.371 e. The average Bonchev–Trinajstić information content (AvgIpc) is 2.68. The average molecular weight is 407 g/mol. The number of carbonyl (C=O) groups excluding carboxylic acids is 2. The molecule has 2 aliphatic heterocycles. The predicted octanol–water partition coefficient (Wildman–Crippen LogP) is 4.04. The molecule has 1 amide bonds. The summed E-state index contributed by atoms with van der Waals surface area (Å²) in [5.74, 6) is 0.906. The fraction of sp³-hybridized carbons (Fsp3) is 0.917. The summed E-state index contributed by atoms with van der Waals surface area (Å²) in [5, 5.41) is 0. The Morgan fingerprint density at radius 1 is 0.966 bits per heavy atom. The summed E-state index contributed by atoms with van der Waals surface area (Å²) >= 11 is 0. The molecule has 0 aromatic carbocycles. The Morgan fingerprint density at radius 2 is 1.55 bits per heavy atom. The molecule has 0 N–H and O–H groups in total. The molecular weight excluding hydrogens is 364 g/mol. The Labute approximate surface area is 177 Å². The maximum atomic E-state index is 11.7. The first-order chi connectivity index (χ1) is 13.8. The van der Waals surface area contributed by atoms with Gasteiger partial charge in [-0.25, -0.2) is 0 Å². The van der Waals surface area contributed by atoms with E-state index >= 15 is 0 Å². The van der Waals surface area contributed by atoms with Crippen LogP contribution in [0.25, 0.3) is 0 Å². The number of carbonyl (C=O) groups is 2. The van der Waals surface area contributed by atoms with Crippen LogP contribution in [0, 0.1) is 11.3 Å². The van der Waals surface area contributed by atoms with Gasteiger partial charge in [-0.1, -0.05) is 20.3 Å². The molecule has 2 saturated carbocycles. The van der Waals surface area contributed by atoms with Crippen LogP contribution in [0.4, 0.5) is 0 Å². The van der Waals surface area contributed by atoms with Gasteiger partial charge in [0.1, 0.15) is 5.78 Å². The zero-order valence-corrected chi connectivity index (χ0v) is 19.2. The van der Waals surface area contributed by atoms with E-state index in [-0.39, 0.29) is 11.5 Å². The molecule has 2 saturated heterocycles. The second kappa shape index (κ2) is 9.47. The highest BCUT2D eigenvalue weighted by Gasteiger charge is 2.50. The molecule has 2 heterocycles. The number of hydrogen-bond acceptors (Lipinski definition) is 4. The molecule has 2 aliphatic carbocycles. The smallest absolute Gasteiger partial charge is 0.219 e. The van der Waals surface area contributed by atoms with Crippen molar-refractivity contribution in [3.8, 4) is 0 Å². The standard InChI is InChI=1S/C21H34N2O3.C3H8/c1-16(24)18-3-5-20(6-4-18)13-19(14-20)22-9-7-21(8-10-22)15-23(17(2)25)11-12-26-21;1-3-2/h18-19H,3-15H2,1-2H3;3H2,1-2H3. The topological polar surface area (TPSA) is 49.9 Å². The molecule has 0 aromatic rings. The van der Waals surface area contributed by atoms with Crippen LogP contribution in [0.2, 0.25) is 0 Å². The van der Waals surface area contributed by atoms with Gasteiger partial charge in [-0.05, 0) is 63.7 Å². The van der Waals surface area contributed by atoms with Crippen LogP contribution in [0.1, 0.15) is 85.5 Å². The molecule has 2 spiro atoms. The molecule has 5 heteroatoms. The lowest BCUT2D eigenvalue weighted by Crippen LogP contribution is -2.61. The van der Waals surface area contributed by atoms with Crippen molar-refractivity contribution in [2.45, 2.75) is 97.1 Å². The Bertz CT molecular complexity index is 567. The molecule has 29 heavy (non-hydrogen) atoms. The molecule has 4 aliphatic rings. The fourth-order valence-electron chi connectivity index (χ4n) is 5.96. The molecule has 4 rings (SSSR count). The number of ether oxygens (including phenoxy) is 1. The van der Waals surface area contributed by atoms with Crippen LogP contribution >= 0.6 is 0 Å². The number of amides is 1. The van der Waals surface area contributed by atoms with Gasteiger partial charge in [0, 0.05) is 45.1 Å². The molecule has 0 bridgehead atoms. The van der Waals surface area contributed by atoms with E-state index in [9.17, 15) is 9.59 Å². The van der Waals surface area contributed by atoms with E-state index in [0.29, 0.717) is 23.7 Å². The van der Waals surface area contributed by atoms with Crippen molar-refractivity contribution in [2.75, 3.05) is 32.8 Å². The van der Waals surface area contributed by atoms with Crippen LogP contribution in [0.5, 0.6) is 0 Å². The quantitative estimate of drug-likeness (QED) is 0.694. The summed E-state index contributed by atoms with van der Waals surface area (Å²) in [7, 11) is 0. The van der Waals surface area contributed by atoms with Gasteiger partial charge in [0.25, 0.3) is 0 Å². The normalized spacial score (nSPS) is 34.3. The lowest BCUT2D eigenvalue weighted by Gasteiger charge is -2.57. The zero-order valence-electron chi connectivity index (χ0n) is 19.2. The van der Waals surface area contributed by atoms with Gasteiger partial charge in [0.05, 0.1) is 12.2 Å². The number of ketones is 1. The van der Waals surface area contributed by atoms with Gasteiger partial charge in [-0.15, -0.1) is 0 Å². The van der Waals surface area contributed by atoms with Crippen molar-refractivity contribution in [3.63, 3.8) is 0 Å². The second-order valence-corrected chi connectivity index (χ2v) is 10.2. The lowest BCUT2D eigenvalue weighted by molar-refractivity contribution is -0.163. The van der Waals surface area contributed by atoms with Crippen molar-refractivity contribution in [1.29, 1.82) is 0 Å². The maximum Gasteiger partial charge on any atom is 0.219 e. The van der Waals surface area contributed by atoms with Crippen LogP contribution in [0.15, 0.2) is 0 Å². The summed E-state index contributed by atoms with van der Waals surface area (Å²) in [6.45, 7) is 12.1. The Balaban J connectivity index is 0.000000755. The van der Waals surface area contributed by atoms with Crippen molar-refractivity contribution >= 4 is 11.7 Å². The third-order valence-electron chi connectivity index (χ3n) is 7.88. The monoisotopic (exact) mass is 406 g/mol. The summed E-state index contributed by atoms with van der Waals surface area (Å²) in [5.41, 5.74) is 0.444. The SMILES string of the molecule is CC(=O)C1CCC2(CC1)CC(N1CCC3(CC1)CN(C(C)=O)CCO3)C2.CCC. The van der Waals surface area contributed by atoms with E-state index in [2.05, 4.69) is 18.7 Å². The summed E-state index contributed by atoms with van der Waals surface area (Å²) in [6.07, 6.45) is 10.7. The van der Waals surface area contributed by atoms with E-state index in [1.807, 2.05) is 4.90 Å². The van der Waals surface area contributed by atoms with E-state index in [4.69, 9.17) is 4.74 Å². The van der Waals surface area contributed by atoms with Crippen LogP contribution in [0.3, 0.4) is 0 Å². The van der Waals surface area contributed by atoms with Crippen LogP contribution in [-0.4, -0.2) is 65.9 Å². The van der Waals surface area contributed by atoms with Gasteiger partial charge in [-0.2, -0.15) is 0 Å². The minimum absolute atomic E-state index is 0.0958. The first kappa shape index (κ1) is 22.7. The summed E-state index contributed by atoms with van der Waals surface area (Å²) < 4.78 is 6.16. The number of morpholine rings is 1. The molecule has 4 fully saturated rings. The fourth-order valence-corrected chi connectivity index (χ4v) is 5.96. The van der Waals surface area contributed by atoms with Crippen LogP contribution in [-0.2, 0) is 14.3 Å². The van der Waals surface area contributed by atoms with E-state index in [1.165, 1.54) is 32.1 Å². The lowest BCUT2D eigenvalue weighted by atomic mass is 9.56. The highest BCUT2D eigenvalue weighted by Crippen LogP contribution is 2.54. The van der Waals surface area contributed by atoms with E-state index < -0.39 is 0 Å². The van der Waals surface area contributed by atoms with Crippen molar-refractivity contribution < 1.29 is 14.3 Å². The highest BCUT2D eigenvalue weighted by atomic mass is 16.5. The number of hydrogen-bond donors (Lipinski definition) is 0. The third kappa shape index (κ3) is 5.22. The highest BCUT2D eigenvalue weighted by molar-refractivity contribution is 5.78. The molecule has 5 nitrogen and oxygen atoms in total. The molecule has 0 atom stereocenters. The largest absolute Gasteiger partial charge is 0.371 e. The van der Waals surface area contributed by atoms with Crippen molar-refractivity contribution in [1.82, 2.24) is 9.80 Å². The van der Waals surface area contributed by atoms with Crippen molar-refractivity contribution in [3.05, 3.63) is 0 Å². The van der Waals surface area contributed by atoms with Gasteiger partial charge < -0.3 is 14.5 Å². The first-order valence-electron chi connectivity index (χ1n) is 12.0. The van der Waals surface area contributed by atoms with Gasteiger partial charge in [-0.3, -0.25) is 9.59 Å². The molecular formula is C24H42N2O3. The molecule has 0 unspecified atom stereocenters. The number of likely N-dealkylation sites (tertiary alicyclic amines) is 1. The van der Waals surface area contributed by atoms with Crippen molar-refractivity contribution in [2.24, 2.45) is 11.3 Å². The third-order valence-corrected chi connectivity index (χ3v) is 7.88. The zero-order chi connectivity index (χ0) is 21.1. The van der Waals surface area contributed by atoms with Gasteiger partial charge >= 0.3 is 0 Å². The molecule has 0 aromatic heterocycles. The predicted molar refractivity (Wildman–Crippen MR) is 116 cm³/mol. The van der Waals surface area contributed by atoms with E-state index in [1.54, 1.807) is 13.8 Å². The minimum atomic E-state index is -0.0958. The first-order valence-corrected chi connectivity index (χ1v) is 12.0. The summed E-state index contributed by atoms with van der Waals surface area (Å²) in [6, 6.07) is 0.730. The number of rotatable bonds is 2. The van der Waals surface area contributed by atoms with E-state index in [0.717, 1.165) is 57.9 Å². The van der Waals surface area contributed by atoms with Gasteiger partial charge in [0.2, 0.25) is 5.91 Å². The Kier molecular flexibility index (Phi) is 7.42. The number of nitrogens with zero attached hydrogens (tertiary/aromatic N) is 2. The number of piperidine rings is 1. The molecule has 166 valence electrons.